The molecular formula is C19H19F2N5S. The molecule has 1 fully saturated rings. The van der Waals surface area contributed by atoms with Gasteiger partial charge < -0.3 is 0 Å². The van der Waals surface area contributed by atoms with Crippen molar-refractivity contribution < 1.29 is 8.78 Å². The molecule has 0 aliphatic carbocycles. The van der Waals surface area contributed by atoms with E-state index in [4.69, 9.17) is 0 Å². The van der Waals surface area contributed by atoms with Gasteiger partial charge in [0.05, 0.1) is 12.6 Å². The first-order chi connectivity index (χ1) is 13.2. The van der Waals surface area contributed by atoms with Gasteiger partial charge in [0.2, 0.25) is 0 Å². The third-order valence-electron chi connectivity index (χ3n) is 4.65. The van der Waals surface area contributed by atoms with Gasteiger partial charge in [0.1, 0.15) is 11.6 Å². The molecule has 8 heteroatoms. The number of benzene rings is 2. The van der Waals surface area contributed by atoms with Gasteiger partial charge in [-0.2, -0.15) is 11.8 Å². The van der Waals surface area contributed by atoms with Crippen LogP contribution in [0.1, 0.15) is 23.0 Å². The van der Waals surface area contributed by atoms with E-state index in [1.54, 1.807) is 28.9 Å². The zero-order valence-electron chi connectivity index (χ0n) is 14.6. The molecule has 0 N–H and O–H groups in total. The van der Waals surface area contributed by atoms with Gasteiger partial charge in [-0.1, -0.05) is 24.3 Å². The third-order valence-corrected chi connectivity index (χ3v) is 5.59. The van der Waals surface area contributed by atoms with Gasteiger partial charge in [-0.25, -0.2) is 13.5 Å². The molecule has 1 unspecified atom stereocenters. The number of hydrogen-bond acceptors (Lipinski definition) is 5. The highest BCUT2D eigenvalue weighted by molar-refractivity contribution is 7.99. The van der Waals surface area contributed by atoms with Gasteiger partial charge in [-0.05, 0) is 45.8 Å². The van der Waals surface area contributed by atoms with E-state index in [1.807, 2.05) is 11.8 Å². The number of hydrogen-bond donors (Lipinski definition) is 0. The van der Waals surface area contributed by atoms with Gasteiger partial charge in [0.25, 0.3) is 0 Å². The number of aromatic nitrogens is 4. The van der Waals surface area contributed by atoms with Crippen LogP contribution in [0.25, 0.3) is 0 Å². The quantitative estimate of drug-likeness (QED) is 0.673. The summed E-state index contributed by atoms with van der Waals surface area (Å²) < 4.78 is 28.4. The molecule has 0 amide bonds. The van der Waals surface area contributed by atoms with Crippen LogP contribution in [0.4, 0.5) is 8.78 Å². The molecule has 4 rings (SSSR count). The molecule has 1 aliphatic rings. The summed E-state index contributed by atoms with van der Waals surface area (Å²) >= 11 is 1.92. The Balaban J connectivity index is 1.68. The summed E-state index contributed by atoms with van der Waals surface area (Å²) in [6, 6.07) is 12.7. The molecule has 5 nitrogen and oxygen atoms in total. The van der Waals surface area contributed by atoms with Crippen molar-refractivity contribution in [3.63, 3.8) is 0 Å². The molecule has 0 bridgehead atoms. The molecule has 27 heavy (non-hydrogen) atoms. The van der Waals surface area contributed by atoms with Crippen LogP contribution < -0.4 is 0 Å². The zero-order valence-corrected chi connectivity index (χ0v) is 15.4. The Labute approximate surface area is 160 Å². The minimum absolute atomic E-state index is 0.151. The maximum Gasteiger partial charge on any atom is 0.173 e. The second-order valence-corrected chi connectivity index (χ2v) is 7.65. The Bertz CT molecular complexity index is 876. The van der Waals surface area contributed by atoms with Gasteiger partial charge in [0.15, 0.2) is 5.82 Å². The number of rotatable bonds is 5. The number of thioether (sulfide) groups is 1. The lowest BCUT2D eigenvalue weighted by molar-refractivity contribution is 0.235. The average molecular weight is 387 g/mol. The summed E-state index contributed by atoms with van der Waals surface area (Å²) in [7, 11) is 0. The van der Waals surface area contributed by atoms with Crippen LogP contribution >= 0.6 is 11.8 Å². The Hall–Kier alpha value is -2.32. The lowest BCUT2D eigenvalue weighted by Crippen LogP contribution is -2.38. The molecule has 2 heterocycles. The highest BCUT2D eigenvalue weighted by Gasteiger charge is 2.29. The van der Waals surface area contributed by atoms with Crippen LogP contribution in [-0.2, 0) is 6.54 Å². The molecule has 1 atom stereocenters. The summed E-state index contributed by atoms with van der Waals surface area (Å²) in [4.78, 5) is 2.33. The second kappa shape index (κ2) is 8.14. The Morgan fingerprint density at radius 2 is 1.56 bits per heavy atom. The van der Waals surface area contributed by atoms with E-state index in [2.05, 4.69) is 20.4 Å². The molecule has 0 saturated carbocycles. The fraction of sp³-hybridized carbons (Fsp3) is 0.316. The van der Waals surface area contributed by atoms with Crippen LogP contribution in [0.5, 0.6) is 0 Å². The topological polar surface area (TPSA) is 46.8 Å². The summed E-state index contributed by atoms with van der Waals surface area (Å²) in [6.07, 6.45) is 0. The highest BCUT2D eigenvalue weighted by Crippen LogP contribution is 2.29. The van der Waals surface area contributed by atoms with Crippen molar-refractivity contribution in [2.45, 2.75) is 12.6 Å². The molecule has 1 aliphatic heterocycles. The molecule has 0 spiro atoms. The predicted molar refractivity (Wildman–Crippen MR) is 100 cm³/mol. The number of tetrazole rings is 1. The van der Waals surface area contributed by atoms with Crippen LogP contribution in [0.3, 0.4) is 0 Å². The molecule has 2 aromatic carbocycles. The zero-order chi connectivity index (χ0) is 18.6. The van der Waals surface area contributed by atoms with Gasteiger partial charge >= 0.3 is 0 Å². The first kappa shape index (κ1) is 18.1. The van der Waals surface area contributed by atoms with Crippen LogP contribution in [-0.4, -0.2) is 49.7 Å². The predicted octanol–water partition coefficient (Wildman–Crippen LogP) is 3.14. The fourth-order valence-electron chi connectivity index (χ4n) is 3.29. The Kier molecular flexibility index (Phi) is 5.45. The molecule has 3 aromatic rings. The van der Waals surface area contributed by atoms with Crippen LogP contribution in [0.15, 0.2) is 48.5 Å². The van der Waals surface area contributed by atoms with E-state index in [0.717, 1.165) is 35.7 Å². The lowest BCUT2D eigenvalue weighted by Gasteiger charge is -2.33. The highest BCUT2D eigenvalue weighted by atomic mass is 32.2. The summed E-state index contributed by atoms with van der Waals surface area (Å²) in [6.45, 7) is 2.27. The lowest BCUT2D eigenvalue weighted by atomic mass is 10.0. The van der Waals surface area contributed by atoms with Crippen molar-refractivity contribution in [2.75, 3.05) is 24.6 Å². The van der Waals surface area contributed by atoms with Crippen molar-refractivity contribution >= 4 is 11.8 Å². The van der Waals surface area contributed by atoms with E-state index >= 15 is 0 Å². The van der Waals surface area contributed by atoms with E-state index in [-0.39, 0.29) is 17.7 Å². The first-order valence-electron chi connectivity index (χ1n) is 8.78. The number of nitrogens with zero attached hydrogens (tertiary/aromatic N) is 5. The summed E-state index contributed by atoms with van der Waals surface area (Å²) in [5.41, 5.74) is 1.87. The van der Waals surface area contributed by atoms with Crippen molar-refractivity contribution in [1.82, 2.24) is 25.1 Å². The molecule has 1 saturated heterocycles. The van der Waals surface area contributed by atoms with E-state index < -0.39 is 0 Å². The summed E-state index contributed by atoms with van der Waals surface area (Å²) in [5, 5.41) is 12.3. The van der Waals surface area contributed by atoms with Crippen LogP contribution in [0, 0.1) is 11.6 Å². The maximum absolute atomic E-state index is 13.4. The normalized spacial score (nSPS) is 16.4. The van der Waals surface area contributed by atoms with Crippen LogP contribution in [0.2, 0.25) is 0 Å². The van der Waals surface area contributed by atoms with Crippen molar-refractivity contribution in [3.8, 4) is 0 Å². The third kappa shape index (κ3) is 4.17. The van der Waals surface area contributed by atoms with Gasteiger partial charge in [-0.15, -0.1) is 5.10 Å². The SMILES string of the molecule is Fc1ccc(Cn2nnnc2C(c2ccc(F)cc2)N2CCSCC2)cc1. The minimum atomic E-state index is -0.273. The standard InChI is InChI=1S/C19H19F2N5S/c20-16-5-1-14(2-6-16)13-26-19(22-23-24-26)18(25-9-11-27-12-10-25)15-3-7-17(21)8-4-15/h1-8,18H,9-13H2. The fourth-order valence-corrected chi connectivity index (χ4v) is 4.22. The molecular weight excluding hydrogens is 368 g/mol. The average Bonchev–Trinajstić information content (AvgIpc) is 3.14. The van der Waals surface area contributed by atoms with E-state index in [9.17, 15) is 8.78 Å². The molecule has 140 valence electrons. The van der Waals surface area contributed by atoms with E-state index in [0.29, 0.717) is 12.4 Å². The van der Waals surface area contributed by atoms with Crippen molar-refractivity contribution in [1.29, 1.82) is 0 Å². The van der Waals surface area contributed by atoms with E-state index in [1.165, 1.54) is 24.3 Å². The largest absolute Gasteiger partial charge is 0.288 e. The Morgan fingerprint density at radius 1 is 0.926 bits per heavy atom. The monoisotopic (exact) mass is 387 g/mol. The second-order valence-electron chi connectivity index (χ2n) is 6.42. The molecule has 1 aromatic heterocycles. The maximum atomic E-state index is 13.4. The molecule has 0 radical (unpaired) electrons. The Morgan fingerprint density at radius 3 is 2.22 bits per heavy atom. The summed E-state index contributed by atoms with van der Waals surface area (Å²) in [5.74, 6) is 2.25. The van der Waals surface area contributed by atoms with Gasteiger partial charge in [-0.3, -0.25) is 4.90 Å². The smallest absolute Gasteiger partial charge is 0.173 e. The van der Waals surface area contributed by atoms with Gasteiger partial charge in [0, 0.05) is 24.6 Å². The first-order valence-corrected chi connectivity index (χ1v) is 9.94. The van der Waals surface area contributed by atoms with Crippen molar-refractivity contribution in [3.05, 3.63) is 77.1 Å². The number of halogens is 2. The minimum Gasteiger partial charge on any atom is -0.288 e. The van der Waals surface area contributed by atoms with Crippen molar-refractivity contribution in [2.24, 2.45) is 0 Å².